The summed E-state index contributed by atoms with van der Waals surface area (Å²) in [7, 11) is 0. The van der Waals surface area contributed by atoms with Gasteiger partial charge in [0, 0.05) is 12.6 Å². The summed E-state index contributed by atoms with van der Waals surface area (Å²) >= 11 is 0. The molecule has 3 aromatic rings. The predicted molar refractivity (Wildman–Crippen MR) is 93.2 cm³/mol. The highest BCUT2D eigenvalue weighted by Crippen LogP contribution is 2.16. The molecule has 0 bridgehead atoms. The maximum atomic E-state index is 13.0. The Morgan fingerprint density at radius 3 is 2.40 bits per heavy atom. The number of carboxylic acids is 1. The van der Waals surface area contributed by atoms with Crippen molar-refractivity contribution in [1.29, 1.82) is 0 Å². The van der Waals surface area contributed by atoms with E-state index in [4.69, 9.17) is 0 Å². The van der Waals surface area contributed by atoms with E-state index in [1.165, 1.54) is 23.8 Å². The summed E-state index contributed by atoms with van der Waals surface area (Å²) in [5.74, 6) is -0.799. The van der Waals surface area contributed by atoms with Crippen molar-refractivity contribution in [2.75, 3.05) is 5.32 Å². The van der Waals surface area contributed by atoms with Crippen LogP contribution < -0.4 is 5.32 Å². The second kappa shape index (κ2) is 7.17. The molecule has 128 valence electrons. The highest BCUT2D eigenvalue weighted by atomic mass is 19.1. The molecule has 0 aliphatic carbocycles. The van der Waals surface area contributed by atoms with Crippen LogP contribution in [0.1, 0.15) is 27.2 Å². The number of halogens is 1. The zero-order chi connectivity index (χ0) is 17.8. The molecule has 1 aromatic heterocycles. The van der Waals surface area contributed by atoms with Crippen molar-refractivity contribution < 1.29 is 14.3 Å². The first-order chi connectivity index (χ1) is 12.0. The molecular formula is C19H18FN3O2. The lowest BCUT2D eigenvalue weighted by Crippen LogP contribution is -2.09. The van der Waals surface area contributed by atoms with Crippen molar-refractivity contribution in [2.45, 2.75) is 20.0 Å². The number of anilines is 1. The van der Waals surface area contributed by atoms with Crippen molar-refractivity contribution in [2.24, 2.45) is 0 Å². The number of aryl methyl sites for hydroxylation is 1. The summed E-state index contributed by atoms with van der Waals surface area (Å²) in [6, 6.07) is 15.6. The molecule has 0 amide bonds. The number of nitrogens with zero attached hydrogens (tertiary/aromatic N) is 2. The van der Waals surface area contributed by atoms with Crippen molar-refractivity contribution in [3.8, 4) is 0 Å². The number of nitrogens with one attached hydrogen (secondary N) is 1. The molecule has 0 atom stereocenters. The van der Waals surface area contributed by atoms with Crippen LogP contribution in [0.3, 0.4) is 0 Å². The largest absolute Gasteiger partial charge is 0.476 e. The fraction of sp³-hybridized carbons (Fsp3) is 0.158. The predicted octanol–water partition coefficient (Wildman–Crippen LogP) is 3.69. The molecule has 0 spiro atoms. The van der Waals surface area contributed by atoms with Crippen LogP contribution in [0.2, 0.25) is 0 Å². The highest BCUT2D eigenvalue weighted by molar-refractivity contribution is 5.86. The lowest BCUT2D eigenvalue weighted by molar-refractivity contribution is 0.0689. The molecule has 0 saturated carbocycles. The second-order valence-corrected chi connectivity index (χ2v) is 5.84. The Balaban J connectivity index is 1.80. The molecule has 0 radical (unpaired) electrons. The van der Waals surface area contributed by atoms with Crippen LogP contribution in [-0.2, 0) is 13.1 Å². The number of carbonyl (C=O) groups is 1. The van der Waals surface area contributed by atoms with Crippen LogP contribution in [0.15, 0.2) is 54.6 Å². The van der Waals surface area contributed by atoms with Crippen molar-refractivity contribution in [3.63, 3.8) is 0 Å². The van der Waals surface area contributed by atoms with Gasteiger partial charge in [-0.05, 0) is 30.2 Å². The van der Waals surface area contributed by atoms with E-state index in [9.17, 15) is 14.3 Å². The van der Waals surface area contributed by atoms with Crippen molar-refractivity contribution >= 4 is 11.8 Å². The number of benzene rings is 2. The second-order valence-electron chi connectivity index (χ2n) is 5.84. The molecule has 2 aromatic carbocycles. The van der Waals surface area contributed by atoms with Gasteiger partial charge in [-0.2, -0.15) is 5.10 Å². The van der Waals surface area contributed by atoms with E-state index >= 15 is 0 Å². The van der Waals surface area contributed by atoms with Gasteiger partial charge in [-0.15, -0.1) is 0 Å². The van der Waals surface area contributed by atoms with E-state index in [0.29, 0.717) is 18.9 Å². The standard InChI is InChI=1S/C19H18FN3O2/c1-13-2-4-14(5-3-13)11-21-18-10-17(19(24)25)22-23(18)12-15-6-8-16(20)9-7-15/h2-10,21H,11-12H2,1H3,(H,24,25). The SMILES string of the molecule is Cc1ccc(CNc2cc(C(=O)O)nn2Cc2ccc(F)cc2)cc1. The van der Waals surface area contributed by atoms with E-state index in [0.717, 1.165) is 11.1 Å². The van der Waals surface area contributed by atoms with Gasteiger partial charge < -0.3 is 10.4 Å². The summed E-state index contributed by atoms with van der Waals surface area (Å²) in [6.07, 6.45) is 0. The third-order valence-corrected chi connectivity index (χ3v) is 3.84. The van der Waals surface area contributed by atoms with Crippen LogP contribution in [0.25, 0.3) is 0 Å². The van der Waals surface area contributed by atoms with Crippen molar-refractivity contribution in [3.05, 3.63) is 82.8 Å². The quantitative estimate of drug-likeness (QED) is 0.719. The number of aromatic nitrogens is 2. The maximum Gasteiger partial charge on any atom is 0.356 e. The van der Waals surface area contributed by atoms with E-state index < -0.39 is 5.97 Å². The van der Waals surface area contributed by atoms with Crippen LogP contribution in [0.4, 0.5) is 10.2 Å². The fourth-order valence-electron chi connectivity index (χ4n) is 2.45. The van der Waals surface area contributed by atoms with Gasteiger partial charge in [0.15, 0.2) is 5.69 Å². The van der Waals surface area contributed by atoms with Crippen LogP contribution in [0.5, 0.6) is 0 Å². The van der Waals surface area contributed by atoms with Gasteiger partial charge in [0.2, 0.25) is 0 Å². The zero-order valence-corrected chi connectivity index (χ0v) is 13.7. The number of hydrogen-bond donors (Lipinski definition) is 2. The smallest absolute Gasteiger partial charge is 0.356 e. The lowest BCUT2D eigenvalue weighted by Gasteiger charge is -2.10. The van der Waals surface area contributed by atoms with Gasteiger partial charge in [0.25, 0.3) is 0 Å². The zero-order valence-electron chi connectivity index (χ0n) is 13.7. The van der Waals surface area contributed by atoms with E-state index in [1.807, 2.05) is 31.2 Å². The third-order valence-electron chi connectivity index (χ3n) is 3.84. The Bertz CT molecular complexity index is 871. The summed E-state index contributed by atoms with van der Waals surface area (Å²) in [4.78, 5) is 11.2. The molecule has 2 N–H and O–H groups in total. The number of hydrogen-bond acceptors (Lipinski definition) is 3. The van der Waals surface area contributed by atoms with Crippen LogP contribution in [-0.4, -0.2) is 20.9 Å². The lowest BCUT2D eigenvalue weighted by atomic mass is 10.1. The Labute approximate surface area is 144 Å². The monoisotopic (exact) mass is 339 g/mol. The normalized spacial score (nSPS) is 10.6. The van der Waals surface area contributed by atoms with Gasteiger partial charge >= 0.3 is 5.97 Å². The summed E-state index contributed by atoms with van der Waals surface area (Å²) in [5.41, 5.74) is 3.06. The molecule has 0 aliphatic heterocycles. The first-order valence-electron chi connectivity index (χ1n) is 7.86. The third kappa shape index (κ3) is 4.23. The number of carboxylic acid groups (broad SMARTS) is 1. The molecule has 1 heterocycles. The fourth-order valence-corrected chi connectivity index (χ4v) is 2.45. The van der Waals surface area contributed by atoms with Gasteiger partial charge in [-0.25, -0.2) is 13.9 Å². The van der Waals surface area contributed by atoms with E-state index in [-0.39, 0.29) is 11.5 Å². The molecule has 0 saturated heterocycles. The summed E-state index contributed by atoms with van der Waals surface area (Å²) in [5, 5.41) is 16.5. The van der Waals surface area contributed by atoms with Gasteiger partial charge in [-0.3, -0.25) is 0 Å². The molecule has 25 heavy (non-hydrogen) atoms. The topological polar surface area (TPSA) is 67.2 Å². The van der Waals surface area contributed by atoms with Gasteiger partial charge in [0.05, 0.1) is 6.54 Å². The van der Waals surface area contributed by atoms with Crippen molar-refractivity contribution in [1.82, 2.24) is 9.78 Å². The average Bonchev–Trinajstić information content (AvgIpc) is 3.00. The van der Waals surface area contributed by atoms with E-state index in [2.05, 4.69) is 10.4 Å². The number of rotatable bonds is 6. The minimum atomic E-state index is -1.09. The Morgan fingerprint density at radius 2 is 1.76 bits per heavy atom. The molecule has 6 heteroatoms. The average molecular weight is 339 g/mol. The molecule has 5 nitrogen and oxygen atoms in total. The molecule has 0 fully saturated rings. The summed E-state index contributed by atoms with van der Waals surface area (Å²) < 4.78 is 14.6. The van der Waals surface area contributed by atoms with E-state index in [1.54, 1.807) is 16.8 Å². The van der Waals surface area contributed by atoms with Crippen LogP contribution in [0, 0.1) is 12.7 Å². The first-order valence-corrected chi connectivity index (χ1v) is 7.86. The minimum Gasteiger partial charge on any atom is -0.476 e. The first kappa shape index (κ1) is 16.7. The maximum absolute atomic E-state index is 13.0. The summed E-state index contributed by atoms with van der Waals surface area (Å²) in [6.45, 7) is 2.92. The van der Waals surface area contributed by atoms with Gasteiger partial charge in [0.1, 0.15) is 11.6 Å². The Morgan fingerprint density at radius 1 is 1.12 bits per heavy atom. The van der Waals surface area contributed by atoms with Crippen LogP contribution >= 0.6 is 0 Å². The Hall–Kier alpha value is -3.15. The minimum absolute atomic E-state index is 0.0338. The molecule has 0 unspecified atom stereocenters. The number of aromatic carboxylic acids is 1. The molecule has 0 aliphatic rings. The molecular weight excluding hydrogens is 321 g/mol. The van der Waals surface area contributed by atoms with Gasteiger partial charge in [-0.1, -0.05) is 42.0 Å². The molecule has 3 rings (SSSR count). The highest BCUT2D eigenvalue weighted by Gasteiger charge is 2.13. The Kier molecular flexibility index (Phi) is 4.79.